The van der Waals surface area contributed by atoms with Crippen molar-refractivity contribution in [3.8, 4) is 5.75 Å². The van der Waals surface area contributed by atoms with E-state index in [0.29, 0.717) is 46.3 Å². The number of nitrogens with zero attached hydrogens (tertiary/aromatic N) is 2. The van der Waals surface area contributed by atoms with Crippen LogP contribution >= 0.6 is 0 Å². The number of aliphatic hydroxyl groups excluding tert-OH is 2. The summed E-state index contributed by atoms with van der Waals surface area (Å²) in [5.41, 5.74) is -0.693. The van der Waals surface area contributed by atoms with Crippen molar-refractivity contribution in [2.45, 2.75) is 55.6 Å². The summed E-state index contributed by atoms with van der Waals surface area (Å²) in [7, 11) is 2.02. The summed E-state index contributed by atoms with van der Waals surface area (Å²) in [5, 5.41) is 36.8. The fraction of sp³-hybridized carbons (Fsp3) is 0.394. The third kappa shape index (κ3) is 4.29. The number of ether oxygens (including phenoxy) is 1. The second-order valence-corrected chi connectivity index (χ2v) is 11.7. The summed E-state index contributed by atoms with van der Waals surface area (Å²) in [6.45, 7) is 8.27. The average Bonchev–Trinajstić information content (AvgIpc) is 3.41. The van der Waals surface area contributed by atoms with E-state index in [4.69, 9.17) is 11.3 Å². The number of hydrogen-bond donors (Lipinski definition) is 4. The van der Waals surface area contributed by atoms with Gasteiger partial charge in [0.1, 0.15) is 11.6 Å². The van der Waals surface area contributed by atoms with E-state index in [1.165, 1.54) is 12.1 Å². The summed E-state index contributed by atoms with van der Waals surface area (Å²) in [6, 6.07) is 15.3. The number of hydrogen-bond acceptors (Lipinski definition) is 6. The van der Waals surface area contributed by atoms with Crippen molar-refractivity contribution in [1.82, 2.24) is 10.2 Å². The number of likely N-dealkylation sites (tertiary alicyclic amines) is 1. The van der Waals surface area contributed by atoms with E-state index < -0.39 is 35.6 Å². The molecule has 2 heterocycles. The number of aliphatic hydroxyl groups is 3. The van der Waals surface area contributed by atoms with Crippen LogP contribution < -0.4 is 10.1 Å². The Morgan fingerprint density at radius 3 is 2.50 bits per heavy atom. The van der Waals surface area contributed by atoms with Crippen molar-refractivity contribution in [2.75, 3.05) is 20.1 Å². The largest absolute Gasteiger partial charge is 0.478 e. The van der Waals surface area contributed by atoms with E-state index in [-0.39, 0.29) is 30.6 Å². The first-order valence-electron chi connectivity index (χ1n) is 14.3. The highest BCUT2D eigenvalue weighted by Crippen LogP contribution is 2.67. The minimum Gasteiger partial charge on any atom is -0.478 e. The molecule has 2 fully saturated rings. The van der Waals surface area contributed by atoms with E-state index in [1.54, 1.807) is 48.5 Å². The minimum absolute atomic E-state index is 0.162. The lowest BCUT2D eigenvalue weighted by molar-refractivity contribution is -0.137. The Labute approximate surface area is 244 Å². The highest BCUT2D eigenvalue weighted by atomic mass is 19.1. The highest BCUT2D eigenvalue weighted by Gasteiger charge is 2.73. The van der Waals surface area contributed by atoms with Gasteiger partial charge in [0.15, 0.2) is 16.9 Å². The van der Waals surface area contributed by atoms with Crippen molar-refractivity contribution in [3.05, 3.63) is 106 Å². The molecule has 218 valence electrons. The number of halogens is 1. The Kier molecular flexibility index (Phi) is 7.27. The molecule has 0 spiro atoms. The molecule has 42 heavy (non-hydrogen) atoms. The number of rotatable bonds is 6. The lowest BCUT2D eigenvalue weighted by Crippen LogP contribution is -2.57. The Balaban J connectivity index is 1.57. The van der Waals surface area contributed by atoms with Crippen molar-refractivity contribution in [3.63, 3.8) is 0 Å². The van der Waals surface area contributed by atoms with Crippen LogP contribution in [0.15, 0.2) is 60.7 Å². The van der Waals surface area contributed by atoms with Crippen LogP contribution in [0.5, 0.6) is 5.75 Å². The van der Waals surface area contributed by atoms with E-state index >= 15 is 0 Å². The molecule has 1 amide bonds. The molecular formula is C33H34FN3O5. The summed E-state index contributed by atoms with van der Waals surface area (Å²) in [4.78, 5) is 19.4. The molecule has 4 N–H and O–H groups in total. The van der Waals surface area contributed by atoms with E-state index in [2.05, 4.69) is 15.1 Å². The summed E-state index contributed by atoms with van der Waals surface area (Å²) < 4.78 is 21.5. The molecule has 1 saturated heterocycles. The molecule has 3 aromatic carbocycles. The number of benzene rings is 3. The normalized spacial score (nSPS) is 27.1. The fourth-order valence-corrected chi connectivity index (χ4v) is 7.33. The lowest BCUT2D eigenvalue weighted by atomic mass is 9.70. The van der Waals surface area contributed by atoms with Crippen molar-refractivity contribution in [2.24, 2.45) is 5.92 Å². The maximum Gasteiger partial charge on any atom is 0.223 e. The van der Waals surface area contributed by atoms with Gasteiger partial charge in [0.05, 0.1) is 25.8 Å². The molecular weight excluding hydrogens is 537 g/mol. The number of carbonyl (C=O) groups excluding carboxylic acids is 1. The smallest absolute Gasteiger partial charge is 0.223 e. The van der Waals surface area contributed by atoms with Crippen molar-refractivity contribution in [1.29, 1.82) is 0 Å². The summed E-state index contributed by atoms with van der Waals surface area (Å²) in [6.07, 6.45) is 1.62. The van der Waals surface area contributed by atoms with Gasteiger partial charge in [0.25, 0.3) is 0 Å². The quantitative estimate of drug-likeness (QED) is 0.335. The number of fused-ring (bicyclic) bond motifs is 3. The number of carbonyl (C=O) groups is 1. The van der Waals surface area contributed by atoms with E-state index in [0.717, 1.165) is 13.1 Å². The summed E-state index contributed by atoms with van der Waals surface area (Å²) >= 11 is 0. The molecule has 0 radical (unpaired) electrons. The molecule has 3 aliphatic rings. The van der Waals surface area contributed by atoms with Crippen LogP contribution in [-0.2, 0) is 29.2 Å². The van der Waals surface area contributed by atoms with Gasteiger partial charge in [-0.15, -0.1) is 0 Å². The van der Waals surface area contributed by atoms with Crippen molar-refractivity contribution < 1.29 is 29.2 Å². The van der Waals surface area contributed by atoms with Gasteiger partial charge >= 0.3 is 0 Å². The molecule has 4 atom stereocenters. The third-order valence-electron chi connectivity index (χ3n) is 9.36. The maximum atomic E-state index is 14.7. The van der Waals surface area contributed by atoms with Gasteiger partial charge in [-0.05, 0) is 79.9 Å². The zero-order valence-corrected chi connectivity index (χ0v) is 23.4. The molecule has 1 aliphatic carbocycles. The van der Waals surface area contributed by atoms with Crippen LogP contribution in [0.4, 0.5) is 10.1 Å². The molecule has 2 aliphatic heterocycles. The SMILES string of the molecule is [C-]#[N+]c1ccc([C@@]23Oc4cc(CO)cc(CO)c4[C@]2(O)[C@@H](NC(=O)C2CCN(C)CC2)C[C@H]3c2cccc(F)c2)cc1. The third-order valence-corrected chi connectivity index (χ3v) is 9.36. The van der Waals surface area contributed by atoms with Gasteiger partial charge in [-0.25, -0.2) is 9.24 Å². The molecule has 3 aromatic rings. The molecule has 9 heteroatoms. The molecule has 8 nitrogen and oxygen atoms in total. The van der Waals surface area contributed by atoms with Crippen LogP contribution in [0.3, 0.4) is 0 Å². The van der Waals surface area contributed by atoms with E-state index in [9.17, 15) is 24.5 Å². The molecule has 0 unspecified atom stereocenters. The molecule has 0 aromatic heterocycles. The van der Waals surface area contributed by atoms with Crippen LogP contribution in [0, 0.1) is 18.3 Å². The van der Waals surface area contributed by atoms with E-state index in [1.807, 2.05) is 7.05 Å². The predicted molar refractivity (Wildman–Crippen MR) is 153 cm³/mol. The Morgan fingerprint density at radius 2 is 1.86 bits per heavy atom. The van der Waals surface area contributed by atoms with Crippen LogP contribution in [0.25, 0.3) is 4.85 Å². The monoisotopic (exact) mass is 571 g/mol. The average molecular weight is 572 g/mol. The summed E-state index contributed by atoms with van der Waals surface area (Å²) in [5.74, 6) is -1.17. The zero-order chi connectivity index (χ0) is 29.6. The van der Waals surface area contributed by atoms with Crippen LogP contribution in [-0.4, -0.2) is 52.3 Å². The number of nitrogens with one attached hydrogen (secondary N) is 1. The van der Waals surface area contributed by atoms with Crippen molar-refractivity contribution >= 4 is 11.6 Å². The highest BCUT2D eigenvalue weighted by molar-refractivity contribution is 5.80. The van der Waals surface area contributed by atoms with Crippen LogP contribution in [0.2, 0.25) is 0 Å². The Morgan fingerprint density at radius 1 is 1.12 bits per heavy atom. The fourth-order valence-electron chi connectivity index (χ4n) is 7.33. The zero-order valence-electron chi connectivity index (χ0n) is 23.4. The van der Waals surface area contributed by atoms with Gasteiger partial charge in [0, 0.05) is 17.4 Å². The second kappa shape index (κ2) is 10.8. The minimum atomic E-state index is -1.88. The van der Waals surface area contributed by atoms with Crippen LogP contribution in [0.1, 0.15) is 53.0 Å². The van der Waals surface area contributed by atoms with Gasteiger partial charge in [-0.3, -0.25) is 4.79 Å². The number of piperidine rings is 1. The van der Waals surface area contributed by atoms with Gasteiger partial charge in [-0.2, -0.15) is 0 Å². The first-order chi connectivity index (χ1) is 20.2. The maximum absolute atomic E-state index is 14.7. The van der Waals surface area contributed by atoms with Gasteiger partial charge in [0.2, 0.25) is 5.91 Å². The Hall–Kier alpha value is -3.81. The van der Waals surface area contributed by atoms with Gasteiger partial charge in [-0.1, -0.05) is 42.5 Å². The first kappa shape index (κ1) is 28.3. The first-order valence-corrected chi connectivity index (χ1v) is 14.3. The topological polar surface area (TPSA) is 107 Å². The molecule has 6 rings (SSSR count). The second-order valence-electron chi connectivity index (χ2n) is 11.7. The number of amides is 1. The Bertz CT molecular complexity index is 1550. The predicted octanol–water partition coefficient (Wildman–Crippen LogP) is 3.85. The van der Waals surface area contributed by atoms with Gasteiger partial charge < -0.3 is 30.3 Å². The molecule has 1 saturated carbocycles. The molecule has 0 bridgehead atoms. The lowest BCUT2D eigenvalue weighted by Gasteiger charge is -2.42. The standard InChI is InChI=1S/C33H34FN3O5/c1-35-26-8-6-24(7-9-26)33-27(22-4-3-5-25(34)16-22)17-29(36-31(40)21-10-12-37(2)13-11-21)32(33,41)30-23(19-39)14-20(18-38)15-28(30)42-33/h3-9,14-16,21,27,29,38-39,41H,10-13,17-19H2,2H3,(H,36,40)/t27-,29-,32+,33-/m0/s1.